The van der Waals surface area contributed by atoms with Crippen LogP contribution in [0.15, 0.2) is 6.07 Å². The fraction of sp³-hybridized carbons (Fsp3) is 0.417. The van der Waals surface area contributed by atoms with E-state index < -0.39 is 31.3 Å². The van der Waals surface area contributed by atoms with E-state index in [-0.39, 0.29) is 17.9 Å². The summed E-state index contributed by atoms with van der Waals surface area (Å²) in [4.78, 5) is 11.2. The minimum atomic E-state index is -5.68. The number of hydrogen-bond donors (Lipinski definition) is 1. The molecule has 0 amide bonds. The average Bonchev–Trinajstić information content (AvgIpc) is 2.39. The summed E-state index contributed by atoms with van der Waals surface area (Å²) < 4.78 is 72.1. The lowest BCUT2D eigenvalue weighted by molar-refractivity contribution is -0.296. The summed E-state index contributed by atoms with van der Waals surface area (Å²) in [6.07, 6.45) is -5.68. The van der Waals surface area contributed by atoms with Crippen molar-refractivity contribution in [3.63, 3.8) is 0 Å². The molecule has 0 atom stereocenters. The second-order valence-corrected chi connectivity index (χ2v) is 7.67. The van der Waals surface area contributed by atoms with Gasteiger partial charge in [-0.1, -0.05) is 0 Å². The van der Waals surface area contributed by atoms with Crippen LogP contribution in [0.1, 0.15) is 10.4 Å². The standard InChI is InChI=1S/C12H8F5I3O4/c13-11(14,12(15,16)17)4-23-1-2-24-9-6(19)3-5(18)7(8(9)20)10(21)22/h3H,1-2,4H2,(H,21,22). The van der Waals surface area contributed by atoms with Gasteiger partial charge in [-0.05, 0) is 73.8 Å². The first kappa shape index (κ1) is 22.3. The molecule has 0 aliphatic rings. The van der Waals surface area contributed by atoms with Crippen LogP contribution in [0, 0.1) is 10.7 Å². The van der Waals surface area contributed by atoms with Crippen molar-refractivity contribution in [2.75, 3.05) is 19.8 Å². The molecule has 1 aromatic carbocycles. The normalized spacial score (nSPS) is 12.3. The third-order valence-electron chi connectivity index (χ3n) is 2.51. The molecule has 0 aromatic heterocycles. The molecule has 0 aliphatic carbocycles. The highest BCUT2D eigenvalue weighted by Gasteiger charge is 2.57. The van der Waals surface area contributed by atoms with Gasteiger partial charge in [0, 0.05) is 3.57 Å². The van der Waals surface area contributed by atoms with Gasteiger partial charge < -0.3 is 14.6 Å². The van der Waals surface area contributed by atoms with Crippen LogP contribution in [-0.4, -0.2) is 43.0 Å². The number of benzene rings is 1. The van der Waals surface area contributed by atoms with E-state index in [1.165, 1.54) is 0 Å². The summed E-state index contributed by atoms with van der Waals surface area (Å²) >= 11 is 5.52. The van der Waals surface area contributed by atoms with Crippen molar-refractivity contribution in [3.05, 3.63) is 22.3 Å². The Labute approximate surface area is 173 Å². The van der Waals surface area contributed by atoms with Crippen molar-refractivity contribution < 1.29 is 41.3 Å². The first-order valence-corrected chi connectivity index (χ1v) is 9.18. The molecule has 0 heterocycles. The van der Waals surface area contributed by atoms with Gasteiger partial charge in [-0.2, -0.15) is 22.0 Å². The van der Waals surface area contributed by atoms with Crippen LogP contribution in [0.4, 0.5) is 22.0 Å². The smallest absolute Gasteiger partial charge is 0.455 e. The van der Waals surface area contributed by atoms with Crippen LogP contribution in [0.3, 0.4) is 0 Å². The zero-order valence-electron chi connectivity index (χ0n) is 11.4. The second-order valence-electron chi connectivity index (χ2n) is 4.27. The minimum Gasteiger partial charge on any atom is -0.489 e. The Bertz CT molecular complexity index is 622. The molecule has 0 bridgehead atoms. The summed E-state index contributed by atoms with van der Waals surface area (Å²) in [5, 5.41) is 9.16. The molecule has 0 saturated carbocycles. The molecular formula is C12H8F5I3O4. The first-order chi connectivity index (χ1) is 10.9. The Morgan fingerprint density at radius 1 is 1.08 bits per heavy atom. The number of carboxylic acid groups (broad SMARTS) is 1. The Balaban J connectivity index is 2.67. The highest BCUT2D eigenvalue weighted by molar-refractivity contribution is 14.1. The summed E-state index contributed by atoms with van der Waals surface area (Å²) in [6.45, 7) is -2.62. The van der Waals surface area contributed by atoms with E-state index in [1.807, 2.05) is 45.2 Å². The highest BCUT2D eigenvalue weighted by Crippen LogP contribution is 2.36. The topological polar surface area (TPSA) is 55.8 Å². The SMILES string of the molecule is O=C(O)c1c(I)cc(I)c(OCCOCC(F)(F)C(F)(F)F)c1I. The third kappa shape index (κ3) is 5.65. The maximum atomic E-state index is 12.6. The number of aromatic carboxylic acids is 1. The van der Waals surface area contributed by atoms with Crippen molar-refractivity contribution in [2.24, 2.45) is 0 Å². The van der Waals surface area contributed by atoms with Gasteiger partial charge in [0.25, 0.3) is 0 Å². The molecule has 1 aromatic rings. The van der Waals surface area contributed by atoms with Gasteiger partial charge in [0.1, 0.15) is 19.0 Å². The van der Waals surface area contributed by atoms with E-state index in [2.05, 4.69) is 4.74 Å². The number of ether oxygens (including phenoxy) is 2. The number of hydrogen-bond acceptors (Lipinski definition) is 3. The van der Waals surface area contributed by atoms with Gasteiger partial charge in [0.05, 0.1) is 19.3 Å². The number of carboxylic acids is 1. The zero-order chi connectivity index (χ0) is 18.7. The van der Waals surface area contributed by atoms with E-state index in [9.17, 15) is 26.7 Å². The van der Waals surface area contributed by atoms with E-state index in [1.54, 1.807) is 28.7 Å². The molecule has 4 nitrogen and oxygen atoms in total. The molecule has 12 heteroatoms. The highest BCUT2D eigenvalue weighted by atomic mass is 127. The summed E-state index contributed by atoms with van der Waals surface area (Å²) in [5.41, 5.74) is 0.0242. The average molecular weight is 692 g/mol. The second kappa shape index (κ2) is 8.79. The van der Waals surface area contributed by atoms with Gasteiger partial charge in [0.2, 0.25) is 0 Å². The molecule has 24 heavy (non-hydrogen) atoms. The largest absolute Gasteiger partial charge is 0.489 e. The Morgan fingerprint density at radius 2 is 1.67 bits per heavy atom. The molecular weight excluding hydrogens is 684 g/mol. The maximum absolute atomic E-state index is 12.6. The van der Waals surface area contributed by atoms with Crippen molar-refractivity contribution in [2.45, 2.75) is 12.1 Å². The van der Waals surface area contributed by atoms with Gasteiger partial charge >= 0.3 is 18.1 Å². The lowest BCUT2D eigenvalue weighted by Crippen LogP contribution is -2.41. The van der Waals surface area contributed by atoms with Gasteiger partial charge in [-0.3, -0.25) is 0 Å². The van der Waals surface area contributed by atoms with Crippen LogP contribution >= 0.6 is 67.8 Å². The Morgan fingerprint density at radius 3 is 2.17 bits per heavy atom. The monoisotopic (exact) mass is 692 g/mol. The summed E-state index contributed by atoms with van der Waals surface area (Å²) in [6, 6.07) is 1.56. The molecule has 0 radical (unpaired) electrons. The quantitative estimate of drug-likeness (QED) is 0.254. The molecule has 0 spiro atoms. The molecule has 136 valence electrons. The van der Waals surface area contributed by atoms with Crippen molar-refractivity contribution in [3.8, 4) is 5.75 Å². The minimum absolute atomic E-state index is 0.0242. The predicted molar refractivity (Wildman–Crippen MR) is 98.9 cm³/mol. The lowest BCUT2D eigenvalue weighted by Gasteiger charge is -2.19. The number of carbonyl (C=O) groups is 1. The number of alkyl halides is 5. The molecule has 0 unspecified atom stereocenters. The maximum Gasteiger partial charge on any atom is 0.455 e. The first-order valence-electron chi connectivity index (χ1n) is 5.94. The van der Waals surface area contributed by atoms with E-state index in [4.69, 9.17) is 9.84 Å². The fourth-order valence-electron chi connectivity index (χ4n) is 1.39. The number of rotatable bonds is 7. The lowest BCUT2D eigenvalue weighted by atomic mass is 10.2. The summed E-state index contributed by atoms with van der Waals surface area (Å²) in [7, 11) is 0. The summed E-state index contributed by atoms with van der Waals surface area (Å²) in [5.74, 6) is -5.89. The van der Waals surface area contributed by atoms with Crippen molar-refractivity contribution in [1.29, 1.82) is 0 Å². The molecule has 0 saturated heterocycles. The van der Waals surface area contributed by atoms with Crippen LogP contribution < -0.4 is 4.74 Å². The van der Waals surface area contributed by atoms with Gasteiger partial charge in [0.15, 0.2) is 0 Å². The Hall–Kier alpha value is 0.290. The van der Waals surface area contributed by atoms with E-state index in [0.29, 0.717) is 10.7 Å². The molecule has 1 rings (SSSR count). The molecule has 1 N–H and O–H groups in total. The van der Waals surface area contributed by atoms with Crippen molar-refractivity contribution >= 4 is 73.7 Å². The van der Waals surface area contributed by atoms with Crippen LogP contribution in [0.25, 0.3) is 0 Å². The third-order valence-corrected chi connectivity index (χ3v) is 5.20. The van der Waals surface area contributed by atoms with Gasteiger partial charge in [-0.25, -0.2) is 4.79 Å². The fourth-order valence-corrected chi connectivity index (χ4v) is 5.53. The Kier molecular flexibility index (Phi) is 8.18. The van der Waals surface area contributed by atoms with Crippen LogP contribution in [-0.2, 0) is 4.74 Å². The van der Waals surface area contributed by atoms with E-state index in [0.717, 1.165) is 0 Å². The van der Waals surface area contributed by atoms with Gasteiger partial charge in [-0.15, -0.1) is 0 Å². The molecule has 0 aliphatic heterocycles. The number of halogens is 8. The van der Waals surface area contributed by atoms with Crippen LogP contribution in [0.2, 0.25) is 0 Å². The molecule has 0 fully saturated rings. The van der Waals surface area contributed by atoms with Crippen LogP contribution in [0.5, 0.6) is 5.75 Å². The predicted octanol–water partition coefficient (Wildman–Crippen LogP) is 4.79. The zero-order valence-corrected chi connectivity index (χ0v) is 17.9. The van der Waals surface area contributed by atoms with E-state index >= 15 is 0 Å². The van der Waals surface area contributed by atoms with Crippen molar-refractivity contribution in [1.82, 2.24) is 0 Å².